The third-order valence-corrected chi connectivity index (χ3v) is 8.22. The van der Waals surface area contributed by atoms with E-state index in [1.165, 1.54) is 11.1 Å². The van der Waals surface area contributed by atoms with Gasteiger partial charge < -0.3 is 8.83 Å². The standard InChI is InChI=1S/C38H34O2/c1-37(2,3)25-19-15-23(16-20-25)31-33-27-11-7-9-13-29(27)39-35(33)32(24-17-21-26(22-18-24)38(4,5)6)36-34(31)28-12-8-10-14-30(28)40-36/h7-22H,1-6H3. The van der Waals surface area contributed by atoms with Crippen LogP contribution in [-0.4, -0.2) is 0 Å². The van der Waals surface area contributed by atoms with Crippen molar-refractivity contribution in [2.75, 3.05) is 0 Å². The van der Waals surface area contributed by atoms with Crippen molar-refractivity contribution in [1.82, 2.24) is 0 Å². The molecule has 0 radical (unpaired) electrons. The molecule has 2 aromatic heterocycles. The maximum absolute atomic E-state index is 6.72. The first-order chi connectivity index (χ1) is 19.1. The third-order valence-electron chi connectivity index (χ3n) is 8.22. The number of hydrogen-bond donors (Lipinski definition) is 0. The van der Waals surface area contributed by atoms with Gasteiger partial charge >= 0.3 is 0 Å². The van der Waals surface area contributed by atoms with Gasteiger partial charge in [0.15, 0.2) is 0 Å². The molecule has 0 saturated carbocycles. The molecular weight excluding hydrogens is 488 g/mol. The lowest BCUT2D eigenvalue weighted by molar-refractivity contribution is 0.590. The highest BCUT2D eigenvalue weighted by Gasteiger charge is 2.27. The molecule has 0 bridgehead atoms. The second-order valence-corrected chi connectivity index (χ2v) is 13.0. The van der Waals surface area contributed by atoms with Gasteiger partial charge in [0.2, 0.25) is 0 Å². The molecule has 7 rings (SSSR count). The highest BCUT2D eigenvalue weighted by Crippen LogP contribution is 2.50. The van der Waals surface area contributed by atoms with Crippen LogP contribution in [0.25, 0.3) is 66.1 Å². The highest BCUT2D eigenvalue weighted by atomic mass is 16.3. The number of para-hydroxylation sites is 2. The smallest absolute Gasteiger partial charge is 0.147 e. The van der Waals surface area contributed by atoms with Crippen LogP contribution >= 0.6 is 0 Å². The first-order valence-corrected chi connectivity index (χ1v) is 14.1. The number of furan rings is 2. The molecule has 0 aliphatic heterocycles. The van der Waals surface area contributed by atoms with E-state index in [0.29, 0.717) is 0 Å². The van der Waals surface area contributed by atoms with Crippen LogP contribution in [0.2, 0.25) is 0 Å². The molecule has 0 amide bonds. The zero-order valence-corrected chi connectivity index (χ0v) is 24.1. The highest BCUT2D eigenvalue weighted by molar-refractivity contribution is 6.30. The van der Waals surface area contributed by atoms with Crippen LogP contribution in [0, 0.1) is 0 Å². The van der Waals surface area contributed by atoms with E-state index in [9.17, 15) is 0 Å². The summed E-state index contributed by atoms with van der Waals surface area (Å²) in [5.74, 6) is 0. The van der Waals surface area contributed by atoms with Crippen molar-refractivity contribution >= 4 is 43.9 Å². The Balaban J connectivity index is 1.66. The molecule has 0 atom stereocenters. The van der Waals surface area contributed by atoms with Gasteiger partial charge in [0.1, 0.15) is 22.3 Å². The molecule has 2 heterocycles. The maximum Gasteiger partial charge on any atom is 0.147 e. The number of benzene rings is 5. The average Bonchev–Trinajstić information content (AvgIpc) is 3.50. The van der Waals surface area contributed by atoms with E-state index in [-0.39, 0.29) is 10.8 Å². The number of hydrogen-bond acceptors (Lipinski definition) is 2. The van der Waals surface area contributed by atoms with E-state index in [2.05, 4.69) is 126 Å². The molecule has 0 aliphatic rings. The maximum atomic E-state index is 6.72. The van der Waals surface area contributed by atoms with Crippen LogP contribution in [0.4, 0.5) is 0 Å². The van der Waals surface area contributed by atoms with Crippen molar-refractivity contribution in [1.29, 1.82) is 0 Å². The molecule has 0 unspecified atom stereocenters. The van der Waals surface area contributed by atoms with Gasteiger partial charge in [-0.25, -0.2) is 0 Å². The van der Waals surface area contributed by atoms with Crippen LogP contribution in [0.15, 0.2) is 106 Å². The lowest BCUT2D eigenvalue weighted by atomic mass is 9.84. The summed E-state index contributed by atoms with van der Waals surface area (Å²) in [6.07, 6.45) is 0. The van der Waals surface area contributed by atoms with Crippen molar-refractivity contribution in [2.24, 2.45) is 0 Å². The number of fused-ring (bicyclic) bond motifs is 6. The minimum atomic E-state index is 0.0744. The Morgan fingerprint density at radius 1 is 0.425 bits per heavy atom. The molecule has 2 nitrogen and oxygen atoms in total. The Morgan fingerprint density at radius 2 is 0.800 bits per heavy atom. The van der Waals surface area contributed by atoms with E-state index < -0.39 is 0 Å². The molecule has 0 fully saturated rings. The molecule has 2 heteroatoms. The van der Waals surface area contributed by atoms with Crippen LogP contribution in [-0.2, 0) is 10.8 Å². The van der Waals surface area contributed by atoms with E-state index in [4.69, 9.17) is 8.83 Å². The SMILES string of the molecule is CC(C)(C)c1ccc(-c2c3oc4ccccc4c3c(-c3ccc(C(C)(C)C)cc3)c3c2oc2ccccc23)cc1. The van der Waals surface area contributed by atoms with Crippen molar-refractivity contribution in [3.8, 4) is 22.3 Å². The first-order valence-electron chi connectivity index (χ1n) is 14.1. The minimum absolute atomic E-state index is 0.0744. The molecule has 40 heavy (non-hydrogen) atoms. The monoisotopic (exact) mass is 522 g/mol. The molecule has 0 saturated heterocycles. The van der Waals surface area contributed by atoms with Crippen molar-refractivity contribution < 1.29 is 8.83 Å². The van der Waals surface area contributed by atoms with E-state index in [1.54, 1.807) is 0 Å². The van der Waals surface area contributed by atoms with Crippen LogP contribution in [0.1, 0.15) is 52.7 Å². The van der Waals surface area contributed by atoms with Crippen LogP contribution < -0.4 is 0 Å². The third kappa shape index (κ3) is 3.78. The lowest BCUT2D eigenvalue weighted by Gasteiger charge is -2.20. The van der Waals surface area contributed by atoms with E-state index in [0.717, 1.165) is 66.1 Å². The predicted molar refractivity (Wildman–Crippen MR) is 169 cm³/mol. The normalized spacial score (nSPS) is 12.8. The Bertz CT molecular complexity index is 1940. The van der Waals surface area contributed by atoms with Gasteiger partial charge in [0.25, 0.3) is 0 Å². The zero-order valence-electron chi connectivity index (χ0n) is 24.1. The zero-order chi connectivity index (χ0) is 27.8. The van der Waals surface area contributed by atoms with E-state index in [1.807, 2.05) is 12.1 Å². The molecule has 0 spiro atoms. The minimum Gasteiger partial charge on any atom is -0.455 e. The first kappa shape index (κ1) is 24.7. The number of rotatable bonds is 2. The van der Waals surface area contributed by atoms with Crippen LogP contribution in [0.3, 0.4) is 0 Å². The summed E-state index contributed by atoms with van der Waals surface area (Å²) in [6, 6.07) is 34.7. The summed E-state index contributed by atoms with van der Waals surface area (Å²) in [4.78, 5) is 0. The molecule has 198 valence electrons. The average molecular weight is 523 g/mol. The van der Waals surface area contributed by atoms with Crippen LogP contribution in [0.5, 0.6) is 0 Å². The Kier molecular flexibility index (Phi) is 5.31. The summed E-state index contributed by atoms with van der Waals surface area (Å²) < 4.78 is 13.4. The van der Waals surface area contributed by atoms with Crippen molar-refractivity contribution in [3.63, 3.8) is 0 Å². The summed E-state index contributed by atoms with van der Waals surface area (Å²) in [6.45, 7) is 13.5. The van der Waals surface area contributed by atoms with Crippen molar-refractivity contribution in [2.45, 2.75) is 52.4 Å². The van der Waals surface area contributed by atoms with Gasteiger partial charge in [-0.2, -0.15) is 0 Å². The Hall–Kier alpha value is -4.30. The largest absolute Gasteiger partial charge is 0.455 e. The van der Waals surface area contributed by atoms with Gasteiger partial charge in [-0.3, -0.25) is 0 Å². The Labute approximate surface area is 235 Å². The van der Waals surface area contributed by atoms with Gasteiger partial charge in [-0.15, -0.1) is 0 Å². The van der Waals surface area contributed by atoms with Gasteiger partial charge in [-0.1, -0.05) is 126 Å². The van der Waals surface area contributed by atoms with Crippen molar-refractivity contribution in [3.05, 3.63) is 108 Å². The molecule has 0 N–H and O–H groups in total. The summed E-state index contributed by atoms with van der Waals surface area (Å²) in [5, 5.41) is 4.50. The molecule has 5 aromatic carbocycles. The van der Waals surface area contributed by atoms with Gasteiger partial charge in [-0.05, 0) is 45.2 Å². The predicted octanol–water partition coefficient (Wildman–Crippen LogP) is 11.4. The molecule has 0 aliphatic carbocycles. The van der Waals surface area contributed by atoms with E-state index >= 15 is 0 Å². The second-order valence-electron chi connectivity index (χ2n) is 13.0. The quantitative estimate of drug-likeness (QED) is 0.226. The Morgan fingerprint density at radius 3 is 1.20 bits per heavy atom. The lowest BCUT2D eigenvalue weighted by Crippen LogP contribution is -2.10. The molecule has 7 aromatic rings. The summed E-state index contributed by atoms with van der Waals surface area (Å²) in [5.41, 5.74) is 10.7. The summed E-state index contributed by atoms with van der Waals surface area (Å²) in [7, 11) is 0. The summed E-state index contributed by atoms with van der Waals surface area (Å²) >= 11 is 0. The second kappa shape index (κ2) is 8.60. The fourth-order valence-electron chi connectivity index (χ4n) is 5.99. The fourth-order valence-corrected chi connectivity index (χ4v) is 5.99. The molecular formula is C38H34O2. The van der Waals surface area contributed by atoms with Gasteiger partial charge in [0.05, 0.1) is 5.56 Å². The fraction of sp³-hybridized carbons (Fsp3) is 0.211. The van der Waals surface area contributed by atoms with Gasteiger partial charge in [0, 0.05) is 27.1 Å². The topological polar surface area (TPSA) is 26.3 Å².